The van der Waals surface area contributed by atoms with Crippen LogP contribution in [0.15, 0.2) is 30.3 Å². The van der Waals surface area contributed by atoms with Crippen LogP contribution in [-0.4, -0.2) is 32.8 Å². The molecular weight excluding hydrogens is 248 g/mol. The van der Waals surface area contributed by atoms with Gasteiger partial charge in [-0.05, 0) is 24.6 Å². The van der Waals surface area contributed by atoms with Gasteiger partial charge in [0, 0.05) is 6.08 Å². The molecule has 0 bridgehead atoms. The predicted octanol–water partition coefficient (Wildman–Crippen LogP) is 1.81. The van der Waals surface area contributed by atoms with Gasteiger partial charge in [-0.2, -0.15) is 0 Å². The zero-order chi connectivity index (χ0) is 14.3. The van der Waals surface area contributed by atoms with E-state index in [0.29, 0.717) is 11.3 Å². The van der Waals surface area contributed by atoms with Crippen LogP contribution in [0.2, 0.25) is 0 Å². The van der Waals surface area contributed by atoms with Crippen LogP contribution in [0.3, 0.4) is 0 Å². The van der Waals surface area contributed by atoms with Gasteiger partial charge >= 0.3 is 11.9 Å². The molecule has 0 fully saturated rings. The fraction of sp³-hybridized carbons (Fsp3) is 0.286. The van der Waals surface area contributed by atoms with Crippen molar-refractivity contribution in [1.82, 2.24) is 0 Å². The van der Waals surface area contributed by atoms with Crippen molar-refractivity contribution in [3.05, 3.63) is 35.9 Å². The van der Waals surface area contributed by atoms with Crippen LogP contribution in [0, 0.1) is 0 Å². The lowest BCUT2D eigenvalue weighted by Crippen LogP contribution is -2.08. The van der Waals surface area contributed by atoms with Crippen molar-refractivity contribution in [1.29, 1.82) is 0 Å². The maximum absolute atomic E-state index is 11.7. The Morgan fingerprint density at radius 3 is 2.26 bits per heavy atom. The van der Waals surface area contributed by atoms with Crippen molar-refractivity contribution < 1.29 is 23.8 Å². The van der Waals surface area contributed by atoms with E-state index in [0.717, 1.165) is 6.08 Å². The first-order valence-electron chi connectivity index (χ1n) is 5.73. The summed E-state index contributed by atoms with van der Waals surface area (Å²) in [6.45, 7) is 1.93. The minimum absolute atomic E-state index is 0.142. The van der Waals surface area contributed by atoms with Gasteiger partial charge in [0.1, 0.15) is 5.75 Å². The second-order valence-electron chi connectivity index (χ2n) is 3.53. The number of hydrogen-bond donors (Lipinski definition) is 0. The molecule has 0 spiro atoms. The summed E-state index contributed by atoms with van der Waals surface area (Å²) in [6, 6.07) is 6.72. The third-order valence-corrected chi connectivity index (χ3v) is 2.36. The summed E-state index contributed by atoms with van der Waals surface area (Å²) in [5.74, 6) is -0.527. The summed E-state index contributed by atoms with van der Waals surface area (Å²) < 4.78 is 14.5. The van der Waals surface area contributed by atoms with Gasteiger partial charge in [0.15, 0.2) is 0 Å². The number of rotatable bonds is 5. The quantitative estimate of drug-likeness (QED) is 0.599. The smallest absolute Gasteiger partial charge is 0.338 e. The maximum atomic E-state index is 11.7. The number of esters is 2. The molecule has 19 heavy (non-hydrogen) atoms. The van der Waals surface area contributed by atoms with Gasteiger partial charge in [-0.15, -0.1) is 0 Å². The van der Waals surface area contributed by atoms with E-state index in [-0.39, 0.29) is 12.2 Å². The number of hydrogen-bond acceptors (Lipinski definition) is 5. The Bertz CT molecular complexity index is 473. The highest BCUT2D eigenvalue weighted by Crippen LogP contribution is 2.20. The highest BCUT2D eigenvalue weighted by molar-refractivity contribution is 6.20. The fourth-order valence-electron chi connectivity index (χ4n) is 1.44. The van der Waals surface area contributed by atoms with E-state index in [1.54, 1.807) is 38.3 Å². The highest BCUT2D eigenvalue weighted by Gasteiger charge is 2.15. The summed E-state index contributed by atoms with van der Waals surface area (Å²) in [5.41, 5.74) is 0.698. The van der Waals surface area contributed by atoms with E-state index in [9.17, 15) is 9.59 Å². The average Bonchev–Trinajstić information content (AvgIpc) is 2.44. The molecule has 0 radical (unpaired) electrons. The molecular formula is C14H16O5. The summed E-state index contributed by atoms with van der Waals surface area (Å²) >= 11 is 0. The lowest BCUT2D eigenvalue weighted by atomic mass is 10.1. The molecule has 0 aliphatic heterocycles. The lowest BCUT2D eigenvalue weighted by Gasteiger charge is -2.07. The Morgan fingerprint density at radius 1 is 1.16 bits per heavy atom. The van der Waals surface area contributed by atoms with Crippen molar-refractivity contribution >= 4 is 17.5 Å². The normalized spacial score (nSPS) is 10.8. The summed E-state index contributed by atoms with van der Waals surface area (Å²) in [4.78, 5) is 23.1. The largest absolute Gasteiger partial charge is 0.497 e. The number of benzene rings is 1. The molecule has 0 aromatic heterocycles. The van der Waals surface area contributed by atoms with Gasteiger partial charge in [-0.3, -0.25) is 0 Å². The van der Waals surface area contributed by atoms with Crippen LogP contribution in [-0.2, 0) is 19.1 Å². The van der Waals surface area contributed by atoms with E-state index in [4.69, 9.17) is 9.47 Å². The molecule has 1 aromatic rings. The summed E-state index contributed by atoms with van der Waals surface area (Å²) in [6.07, 6.45) is 1.12. The van der Waals surface area contributed by atoms with E-state index in [1.165, 1.54) is 7.11 Å². The highest BCUT2D eigenvalue weighted by atomic mass is 16.5. The second-order valence-corrected chi connectivity index (χ2v) is 3.53. The SMILES string of the molecule is CCOC(=O)/C=C(/C(=O)OC)c1ccc(OC)cc1. The molecule has 0 N–H and O–H groups in total. The van der Waals surface area contributed by atoms with Crippen molar-refractivity contribution in [3.8, 4) is 5.75 Å². The molecule has 0 unspecified atom stereocenters. The van der Waals surface area contributed by atoms with Crippen LogP contribution in [0.25, 0.3) is 5.57 Å². The monoisotopic (exact) mass is 264 g/mol. The van der Waals surface area contributed by atoms with E-state index in [1.807, 2.05) is 0 Å². The molecule has 0 saturated heterocycles. The zero-order valence-electron chi connectivity index (χ0n) is 11.1. The predicted molar refractivity (Wildman–Crippen MR) is 69.6 cm³/mol. The molecule has 1 aromatic carbocycles. The van der Waals surface area contributed by atoms with Crippen LogP contribution in [0.1, 0.15) is 12.5 Å². The average molecular weight is 264 g/mol. The zero-order valence-corrected chi connectivity index (χ0v) is 11.1. The number of carbonyl (C=O) groups excluding carboxylic acids is 2. The maximum Gasteiger partial charge on any atom is 0.338 e. The van der Waals surface area contributed by atoms with Gasteiger partial charge in [-0.25, -0.2) is 9.59 Å². The molecule has 102 valence electrons. The van der Waals surface area contributed by atoms with Gasteiger partial charge in [0.05, 0.1) is 26.4 Å². The summed E-state index contributed by atoms with van der Waals surface area (Å²) in [7, 11) is 2.80. The van der Waals surface area contributed by atoms with Crippen LogP contribution >= 0.6 is 0 Å². The second kappa shape index (κ2) is 7.20. The molecule has 5 heteroatoms. The third kappa shape index (κ3) is 4.13. The number of methoxy groups -OCH3 is 2. The first-order valence-corrected chi connectivity index (χ1v) is 5.73. The minimum atomic E-state index is -0.599. The number of ether oxygens (including phenoxy) is 3. The molecule has 0 atom stereocenters. The van der Waals surface area contributed by atoms with Gasteiger partial charge in [0.2, 0.25) is 0 Å². The van der Waals surface area contributed by atoms with E-state index < -0.39 is 11.9 Å². The first-order chi connectivity index (χ1) is 9.12. The molecule has 0 aliphatic carbocycles. The molecule has 0 amide bonds. The van der Waals surface area contributed by atoms with Crippen LogP contribution in [0.4, 0.5) is 0 Å². The van der Waals surface area contributed by atoms with Crippen molar-refractivity contribution in [2.45, 2.75) is 6.92 Å². The Balaban J connectivity index is 3.08. The fourth-order valence-corrected chi connectivity index (χ4v) is 1.44. The van der Waals surface area contributed by atoms with Crippen LogP contribution in [0.5, 0.6) is 5.75 Å². The number of carbonyl (C=O) groups is 2. The Labute approximate surface area is 111 Å². The molecule has 0 aliphatic rings. The Morgan fingerprint density at radius 2 is 1.79 bits per heavy atom. The first kappa shape index (κ1) is 14.8. The van der Waals surface area contributed by atoms with E-state index in [2.05, 4.69) is 4.74 Å². The standard InChI is InChI=1S/C14H16O5/c1-4-19-13(15)9-12(14(16)18-3)10-5-7-11(17-2)8-6-10/h5-9H,4H2,1-3H3/b12-9+. The van der Waals surface area contributed by atoms with Gasteiger partial charge < -0.3 is 14.2 Å². The minimum Gasteiger partial charge on any atom is -0.497 e. The topological polar surface area (TPSA) is 61.8 Å². The van der Waals surface area contributed by atoms with Crippen molar-refractivity contribution in [2.24, 2.45) is 0 Å². The Hall–Kier alpha value is -2.30. The molecule has 5 nitrogen and oxygen atoms in total. The van der Waals surface area contributed by atoms with Crippen molar-refractivity contribution in [3.63, 3.8) is 0 Å². The summed E-state index contributed by atoms with van der Waals surface area (Å²) in [5, 5.41) is 0. The van der Waals surface area contributed by atoms with Crippen molar-refractivity contribution in [2.75, 3.05) is 20.8 Å². The lowest BCUT2D eigenvalue weighted by molar-refractivity contribution is -0.138. The van der Waals surface area contributed by atoms with E-state index >= 15 is 0 Å². The molecule has 0 saturated carbocycles. The third-order valence-electron chi connectivity index (χ3n) is 2.36. The molecule has 1 rings (SSSR count). The van der Waals surface area contributed by atoms with Crippen LogP contribution < -0.4 is 4.74 Å². The molecule has 0 heterocycles. The van der Waals surface area contributed by atoms with Gasteiger partial charge in [0.25, 0.3) is 0 Å². The Kier molecular flexibility index (Phi) is 5.60. The van der Waals surface area contributed by atoms with Gasteiger partial charge in [-0.1, -0.05) is 12.1 Å².